The maximum atomic E-state index is 13.4. The number of anilines is 1. The third kappa shape index (κ3) is 3.70. The van der Waals surface area contributed by atoms with Crippen molar-refractivity contribution in [3.05, 3.63) is 46.5 Å². The van der Waals surface area contributed by atoms with Crippen LogP contribution in [0.15, 0.2) is 35.4 Å². The summed E-state index contributed by atoms with van der Waals surface area (Å²) in [6, 6.07) is 5.33. The number of nitrogens with zero attached hydrogens (tertiary/aromatic N) is 4. The van der Waals surface area contributed by atoms with Gasteiger partial charge in [-0.1, -0.05) is 6.92 Å². The Kier molecular flexibility index (Phi) is 5.24. The summed E-state index contributed by atoms with van der Waals surface area (Å²) in [6.45, 7) is 6.98. The third-order valence-electron chi connectivity index (χ3n) is 7.54. The van der Waals surface area contributed by atoms with Gasteiger partial charge in [-0.15, -0.1) is 0 Å². The summed E-state index contributed by atoms with van der Waals surface area (Å²) in [4.78, 5) is 30.9. The Morgan fingerprint density at radius 2 is 2.14 bits per heavy atom. The van der Waals surface area contributed by atoms with Crippen LogP contribution in [-0.4, -0.2) is 57.3 Å². The van der Waals surface area contributed by atoms with E-state index in [1.807, 2.05) is 24.7 Å². The number of hydrogen-bond donors (Lipinski definition) is 1. The van der Waals surface area contributed by atoms with Gasteiger partial charge in [0.25, 0.3) is 11.5 Å². The number of aromatic nitrogens is 4. The summed E-state index contributed by atoms with van der Waals surface area (Å²) < 4.78 is 20.9. The van der Waals surface area contributed by atoms with Gasteiger partial charge in [-0.2, -0.15) is 10.1 Å². The Morgan fingerprint density at radius 1 is 1.36 bits per heavy atom. The van der Waals surface area contributed by atoms with Crippen molar-refractivity contribution in [2.45, 2.75) is 63.3 Å². The van der Waals surface area contributed by atoms with Gasteiger partial charge in [0.15, 0.2) is 5.65 Å². The van der Waals surface area contributed by atoms with Gasteiger partial charge in [-0.05, 0) is 44.4 Å². The highest BCUT2D eigenvalue weighted by Crippen LogP contribution is 2.56. The molecule has 5 heterocycles. The van der Waals surface area contributed by atoms with Gasteiger partial charge in [-0.3, -0.25) is 14.3 Å². The van der Waals surface area contributed by atoms with Crippen LogP contribution in [0.4, 0.5) is 5.69 Å². The Hall–Kier alpha value is -3.24. The van der Waals surface area contributed by atoms with E-state index in [-0.39, 0.29) is 46.0 Å². The first-order valence-corrected chi connectivity index (χ1v) is 12.5. The molecule has 10 heteroatoms. The highest BCUT2D eigenvalue weighted by molar-refractivity contribution is 6.07. The molecule has 3 aromatic heterocycles. The van der Waals surface area contributed by atoms with Gasteiger partial charge in [0.05, 0.1) is 30.5 Å². The van der Waals surface area contributed by atoms with Crippen LogP contribution in [0, 0.1) is 5.92 Å². The van der Waals surface area contributed by atoms with Crippen LogP contribution >= 0.6 is 0 Å². The number of fused-ring (bicyclic) bond motifs is 2. The number of carbonyl (C=O) groups excluding carboxylic acids is 1. The highest BCUT2D eigenvalue weighted by atomic mass is 16.6. The standard InChI is InChI=1S/C26H31N5O5/c1-15(2)36-23-18(22(32)27-19-6-5-7-30(24(19)33)20-8-16(20)3)9-17-10-31(29-21(17)28-23)25-11-26(12-25,14-34-4)35-13-25/h5-7,9-10,15-16,20H,8,11-14H2,1-4H3,(H,27,32)/t16-,20+,25?,26?/m1/s1. The van der Waals surface area contributed by atoms with Crippen molar-refractivity contribution >= 4 is 22.6 Å². The van der Waals surface area contributed by atoms with Crippen LogP contribution < -0.4 is 15.6 Å². The summed E-state index contributed by atoms with van der Waals surface area (Å²) in [5.74, 6) is 0.203. The number of amides is 1. The fourth-order valence-electron chi connectivity index (χ4n) is 5.68. The smallest absolute Gasteiger partial charge is 0.274 e. The van der Waals surface area contributed by atoms with Crippen LogP contribution in [0.25, 0.3) is 11.0 Å². The van der Waals surface area contributed by atoms with Crippen molar-refractivity contribution in [3.8, 4) is 5.88 Å². The highest BCUT2D eigenvalue weighted by Gasteiger charge is 2.64. The summed E-state index contributed by atoms with van der Waals surface area (Å²) in [5, 5.41) is 8.23. The van der Waals surface area contributed by atoms with E-state index in [4.69, 9.17) is 19.3 Å². The molecule has 7 rings (SSSR count). The topological polar surface area (TPSA) is 110 Å². The lowest BCUT2D eigenvalue weighted by Crippen LogP contribution is -2.53. The molecule has 4 aliphatic rings. The molecule has 2 saturated carbocycles. The molecule has 2 aliphatic heterocycles. The fraction of sp³-hybridized carbons (Fsp3) is 0.538. The molecule has 36 heavy (non-hydrogen) atoms. The van der Waals surface area contributed by atoms with E-state index in [0.29, 0.717) is 24.8 Å². The number of ether oxygens (including phenoxy) is 3. The molecular formula is C26H31N5O5. The Morgan fingerprint density at radius 3 is 2.83 bits per heavy atom. The van der Waals surface area contributed by atoms with E-state index in [2.05, 4.69) is 17.2 Å². The van der Waals surface area contributed by atoms with Crippen LogP contribution in [-0.2, 0) is 15.0 Å². The Bertz CT molecular complexity index is 1400. The average molecular weight is 494 g/mol. The minimum absolute atomic E-state index is 0.186. The van der Waals surface area contributed by atoms with Gasteiger partial charge in [0, 0.05) is 43.8 Å². The number of carbonyl (C=O) groups is 1. The summed E-state index contributed by atoms with van der Waals surface area (Å²) >= 11 is 0. The normalized spacial score (nSPS) is 28.4. The molecule has 2 aliphatic carbocycles. The summed E-state index contributed by atoms with van der Waals surface area (Å²) in [6.07, 6.45) is 6.10. The molecule has 0 spiro atoms. The number of rotatable bonds is 8. The molecule has 4 fully saturated rings. The lowest BCUT2D eigenvalue weighted by molar-refractivity contribution is -0.0694. The first-order chi connectivity index (χ1) is 17.2. The SMILES string of the molecule is COCC12CC(n3cc4cc(C(=O)Nc5cccn([C@H]6C[C@H]6C)c5=O)c(OC(C)C)nc4n3)(CO1)C2. The van der Waals surface area contributed by atoms with Crippen LogP contribution in [0.2, 0.25) is 0 Å². The zero-order valence-electron chi connectivity index (χ0n) is 21.0. The van der Waals surface area contributed by atoms with Gasteiger partial charge in [0.1, 0.15) is 11.3 Å². The van der Waals surface area contributed by atoms with Gasteiger partial charge >= 0.3 is 0 Å². The number of hydrogen-bond acceptors (Lipinski definition) is 7. The summed E-state index contributed by atoms with van der Waals surface area (Å²) in [7, 11) is 1.68. The maximum absolute atomic E-state index is 13.4. The monoisotopic (exact) mass is 493 g/mol. The van der Waals surface area contributed by atoms with Gasteiger partial charge in [0.2, 0.25) is 5.88 Å². The Labute approximate surface area is 208 Å². The van der Waals surface area contributed by atoms with Crippen molar-refractivity contribution in [1.82, 2.24) is 19.3 Å². The zero-order chi connectivity index (χ0) is 25.2. The van der Waals surface area contributed by atoms with Crippen molar-refractivity contribution in [2.75, 3.05) is 25.6 Å². The number of methoxy groups -OCH3 is 1. The maximum Gasteiger partial charge on any atom is 0.274 e. The second kappa shape index (κ2) is 8.14. The lowest BCUT2D eigenvalue weighted by atomic mass is 9.69. The molecule has 2 atom stereocenters. The van der Waals surface area contributed by atoms with Gasteiger partial charge in [-0.25, -0.2) is 0 Å². The second-order valence-corrected chi connectivity index (χ2v) is 10.8. The molecule has 0 radical (unpaired) electrons. The predicted octanol–water partition coefficient (Wildman–Crippen LogP) is 3.12. The van der Waals surface area contributed by atoms with Crippen LogP contribution in [0.5, 0.6) is 5.88 Å². The quantitative estimate of drug-likeness (QED) is 0.513. The summed E-state index contributed by atoms with van der Waals surface area (Å²) in [5.41, 5.74) is 0.316. The van der Waals surface area contributed by atoms with E-state index < -0.39 is 5.91 Å². The van der Waals surface area contributed by atoms with E-state index in [1.165, 1.54) is 0 Å². The largest absolute Gasteiger partial charge is 0.474 e. The number of pyridine rings is 2. The van der Waals surface area contributed by atoms with Gasteiger partial charge < -0.3 is 24.1 Å². The minimum Gasteiger partial charge on any atom is -0.474 e. The number of nitrogens with one attached hydrogen (secondary N) is 1. The fourth-order valence-corrected chi connectivity index (χ4v) is 5.68. The first-order valence-electron chi connectivity index (χ1n) is 12.5. The molecule has 1 amide bonds. The molecule has 10 nitrogen and oxygen atoms in total. The predicted molar refractivity (Wildman–Crippen MR) is 133 cm³/mol. The van der Waals surface area contributed by atoms with Crippen molar-refractivity contribution in [3.63, 3.8) is 0 Å². The van der Waals surface area contributed by atoms with Crippen molar-refractivity contribution in [2.24, 2.45) is 5.92 Å². The lowest BCUT2D eigenvalue weighted by Gasteiger charge is -2.43. The molecule has 3 aromatic rings. The van der Waals surface area contributed by atoms with E-state index in [9.17, 15) is 9.59 Å². The zero-order valence-corrected chi connectivity index (χ0v) is 21.0. The minimum atomic E-state index is -0.448. The molecular weight excluding hydrogens is 462 g/mol. The van der Waals surface area contributed by atoms with Crippen LogP contribution in [0.1, 0.15) is 56.4 Å². The molecule has 0 unspecified atom stereocenters. The first kappa shape index (κ1) is 23.2. The van der Waals surface area contributed by atoms with Crippen molar-refractivity contribution < 1.29 is 19.0 Å². The molecule has 1 N–H and O–H groups in total. The second-order valence-electron chi connectivity index (χ2n) is 10.8. The average Bonchev–Trinajstić information content (AvgIpc) is 3.13. The Balaban J connectivity index is 1.32. The van der Waals surface area contributed by atoms with Crippen molar-refractivity contribution in [1.29, 1.82) is 0 Å². The molecule has 190 valence electrons. The molecule has 0 aromatic carbocycles. The third-order valence-corrected chi connectivity index (χ3v) is 7.54. The van der Waals surface area contributed by atoms with E-state index in [1.54, 1.807) is 36.1 Å². The van der Waals surface area contributed by atoms with Crippen LogP contribution in [0.3, 0.4) is 0 Å². The van der Waals surface area contributed by atoms with E-state index in [0.717, 1.165) is 24.6 Å². The van der Waals surface area contributed by atoms with E-state index >= 15 is 0 Å². The molecule has 2 bridgehead atoms. The molecule has 2 saturated heterocycles.